The Morgan fingerprint density at radius 3 is 2.68 bits per heavy atom. The summed E-state index contributed by atoms with van der Waals surface area (Å²) in [7, 11) is -3.64. The normalized spacial score (nSPS) is 16.8. The van der Waals surface area contributed by atoms with Crippen LogP contribution in [0.3, 0.4) is 0 Å². The fourth-order valence-electron chi connectivity index (χ4n) is 2.84. The first-order chi connectivity index (χ1) is 13.3. The molecule has 0 aromatic heterocycles. The van der Waals surface area contributed by atoms with Crippen molar-refractivity contribution in [1.29, 1.82) is 0 Å². The summed E-state index contributed by atoms with van der Waals surface area (Å²) in [6, 6.07) is 12.6. The molecule has 0 saturated heterocycles. The number of amidine groups is 1. The van der Waals surface area contributed by atoms with E-state index in [4.69, 9.17) is 5.73 Å². The van der Waals surface area contributed by atoms with Crippen LogP contribution in [0.15, 0.2) is 58.4 Å². The Bertz CT molecular complexity index is 1060. The van der Waals surface area contributed by atoms with Crippen molar-refractivity contribution in [2.75, 3.05) is 6.54 Å². The molecule has 0 aliphatic carbocycles. The molecular weight excluding hydrogens is 380 g/mol. The van der Waals surface area contributed by atoms with Crippen LogP contribution in [0.2, 0.25) is 0 Å². The van der Waals surface area contributed by atoms with Gasteiger partial charge in [0.25, 0.3) is 10.0 Å². The number of hydrogen-bond donors (Lipinski definition) is 3. The van der Waals surface area contributed by atoms with Gasteiger partial charge in [0, 0.05) is 17.7 Å². The minimum absolute atomic E-state index is 0.149. The summed E-state index contributed by atoms with van der Waals surface area (Å²) >= 11 is 0. The molecule has 28 heavy (non-hydrogen) atoms. The number of aliphatic imine (C=N–C) groups is 1. The highest BCUT2D eigenvalue weighted by Gasteiger charge is 2.31. The van der Waals surface area contributed by atoms with Gasteiger partial charge in [-0.1, -0.05) is 24.3 Å². The molecule has 0 radical (unpaired) electrons. The number of rotatable bonds is 6. The monoisotopic (exact) mass is 400 g/mol. The van der Waals surface area contributed by atoms with Crippen LogP contribution in [0.4, 0.5) is 0 Å². The number of nitrogens with two attached hydrogens (primary N) is 1. The zero-order chi connectivity index (χ0) is 20.3. The molecule has 1 aliphatic heterocycles. The molecule has 2 aromatic rings. The minimum atomic E-state index is -3.64. The van der Waals surface area contributed by atoms with Gasteiger partial charge in [-0.15, -0.1) is 0 Å². The second-order valence-electron chi connectivity index (χ2n) is 6.36. The van der Waals surface area contributed by atoms with Crippen molar-refractivity contribution in [3.05, 3.63) is 65.2 Å². The van der Waals surface area contributed by atoms with Gasteiger partial charge < -0.3 is 11.1 Å². The number of primary amides is 1. The first kappa shape index (κ1) is 19.6. The van der Waals surface area contributed by atoms with E-state index in [1.54, 1.807) is 43.3 Å². The molecule has 9 heteroatoms. The van der Waals surface area contributed by atoms with E-state index in [1.165, 1.54) is 6.07 Å². The maximum absolute atomic E-state index is 12.3. The summed E-state index contributed by atoms with van der Waals surface area (Å²) in [6.45, 7) is 1.93. The summed E-state index contributed by atoms with van der Waals surface area (Å²) in [5.41, 5.74) is 6.99. The maximum atomic E-state index is 12.3. The molecule has 1 aliphatic rings. The quantitative estimate of drug-likeness (QED) is 0.654. The molecule has 0 unspecified atom stereocenters. The van der Waals surface area contributed by atoms with Gasteiger partial charge in [0.2, 0.25) is 11.8 Å². The van der Waals surface area contributed by atoms with E-state index in [0.717, 1.165) is 5.56 Å². The molecule has 1 heterocycles. The maximum Gasteiger partial charge on any atom is 0.263 e. The Hall–Kier alpha value is -3.20. The zero-order valence-electron chi connectivity index (χ0n) is 15.2. The van der Waals surface area contributed by atoms with Crippen LogP contribution in [0.5, 0.6) is 0 Å². The van der Waals surface area contributed by atoms with Gasteiger partial charge in [0.05, 0.1) is 4.90 Å². The zero-order valence-corrected chi connectivity index (χ0v) is 16.0. The Kier molecular flexibility index (Phi) is 5.46. The van der Waals surface area contributed by atoms with E-state index in [-0.39, 0.29) is 16.6 Å². The van der Waals surface area contributed by atoms with Crippen LogP contribution in [0, 0.1) is 0 Å². The van der Waals surface area contributed by atoms with Crippen molar-refractivity contribution in [3.63, 3.8) is 0 Å². The van der Waals surface area contributed by atoms with Crippen LogP contribution < -0.4 is 15.8 Å². The van der Waals surface area contributed by atoms with E-state index in [9.17, 15) is 18.0 Å². The van der Waals surface area contributed by atoms with Crippen molar-refractivity contribution in [3.8, 4) is 0 Å². The number of benzene rings is 2. The molecule has 2 aromatic carbocycles. The largest absolute Gasteiger partial charge is 0.366 e. The van der Waals surface area contributed by atoms with Gasteiger partial charge in [-0.05, 0) is 43.2 Å². The lowest BCUT2D eigenvalue weighted by atomic mass is 10.1. The van der Waals surface area contributed by atoms with Crippen LogP contribution in [0.1, 0.15) is 28.4 Å². The Balaban J connectivity index is 1.62. The van der Waals surface area contributed by atoms with Crippen molar-refractivity contribution in [2.24, 2.45) is 10.7 Å². The molecule has 8 nitrogen and oxygen atoms in total. The number of carbonyl (C=O) groups excluding carboxylic acids is 2. The Morgan fingerprint density at radius 2 is 1.93 bits per heavy atom. The van der Waals surface area contributed by atoms with Crippen molar-refractivity contribution in [1.82, 2.24) is 10.0 Å². The lowest BCUT2D eigenvalue weighted by Gasteiger charge is -2.10. The van der Waals surface area contributed by atoms with Gasteiger partial charge >= 0.3 is 0 Å². The van der Waals surface area contributed by atoms with E-state index >= 15 is 0 Å². The highest BCUT2D eigenvalue weighted by atomic mass is 32.2. The molecule has 0 bridgehead atoms. The van der Waals surface area contributed by atoms with E-state index in [1.807, 2.05) is 6.07 Å². The number of nitrogens with one attached hydrogen (secondary N) is 2. The Labute approximate surface area is 162 Å². The molecular formula is C19H20N4O4S. The van der Waals surface area contributed by atoms with Crippen molar-refractivity contribution < 1.29 is 18.0 Å². The minimum Gasteiger partial charge on any atom is -0.366 e. The third-order valence-corrected chi connectivity index (χ3v) is 5.69. The van der Waals surface area contributed by atoms with Crippen molar-refractivity contribution in [2.45, 2.75) is 24.3 Å². The molecule has 0 spiro atoms. The molecule has 2 amide bonds. The fraction of sp³-hybridized carbons (Fsp3) is 0.211. The number of sulfonamides is 1. The molecule has 1 atom stereocenters. The summed E-state index contributed by atoms with van der Waals surface area (Å²) in [5.74, 6) is -0.677. The SMILES string of the molecule is C[C@H](N=C1NS(=O)(=O)c2ccccc21)C(=O)NCCc1cccc(C(N)=O)c1. The summed E-state index contributed by atoms with van der Waals surface area (Å²) in [4.78, 5) is 27.9. The van der Waals surface area contributed by atoms with Gasteiger partial charge in [-0.2, -0.15) is 0 Å². The van der Waals surface area contributed by atoms with Crippen LogP contribution in [-0.2, 0) is 21.2 Å². The van der Waals surface area contributed by atoms with Gasteiger partial charge in [-0.3, -0.25) is 19.3 Å². The molecule has 0 fully saturated rings. The first-order valence-corrected chi connectivity index (χ1v) is 10.1. The smallest absolute Gasteiger partial charge is 0.263 e. The fourth-order valence-corrected chi connectivity index (χ4v) is 4.08. The highest BCUT2D eigenvalue weighted by molar-refractivity contribution is 7.90. The molecule has 4 N–H and O–H groups in total. The summed E-state index contributed by atoms with van der Waals surface area (Å²) in [5, 5.41) is 2.76. The average molecular weight is 400 g/mol. The van der Waals surface area contributed by atoms with E-state index in [0.29, 0.717) is 24.1 Å². The predicted molar refractivity (Wildman–Crippen MR) is 104 cm³/mol. The second kappa shape index (κ2) is 7.81. The standard InChI is InChI=1S/C19H20N4O4S/c1-12(22-18-15-7-2-3-8-16(15)28(26,27)23-18)19(25)21-10-9-13-5-4-6-14(11-13)17(20)24/h2-8,11-12H,9-10H2,1H3,(H2,20,24)(H,21,25)(H,22,23)/t12-/m0/s1. The second-order valence-corrected chi connectivity index (χ2v) is 8.01. The molecule has 0 saturated carbocycles. The lowest BCUT2D eigenvalue weighted by Crippen LogP contribution is -2.35. The highest BCUT2D eigenvalue weighted by Crippen LogP contribution is 2.22. The number of nitrogens with zero attached hydrogens (tertiary/aromatic N) is 1. The van der Waals surface area contributed by atoms with Crippen LogP contribution in [-0.4, -0.2) is 38.7 Å². The molecule has 146 valence electrons. The topological polar surface area (TPSA) is 131 Å². The van der Waals surface area contributed by atoms with Crippen LogP contribution >= 0.6 is 0 Å². The van der Waals surface area contributed by atoms with Gasteiger partial charge in [-0.25, -0.2) is 8.42 Å². The van der Waals surface area contributed by atoms with Crippen LogP contribution in [0.25, 0.3) is 0 Å². The number of amides is 2. The number of hydrogen-bond acceptors (Lipinski definition) is 5. The number of fused-ring (bicyclic) bond motifs is 1. The van der Waals surface area contributed by atoms with Gasteiger partial charge in [0.1, 0.15) is 11.9 Å². The number of carbonyl (C=O) groups is 2. The predicted octanol–water partition coefficient (Wildman–Crippen LogP) is 0.571. The average Bonchev–Trinajstić information content (AvgIpc) is 2.92. The van der Waals surface area contributed by atoms with E-state index in [2.05, 4.69) is 15.0 Å². The summed E-state index contributed by atoms with van der Waals surface area (Å²) < 4.78 is 26.6. The van der Waals surface area contributed by atoms with Gasteiger partial charge in [0.15, 0.2) is 0 Å². The third kappa shape index (κ3) is 4.20. The third-order valence-electron chi connectivity index (χ3n) is 4.29. The summed E-state index contributed by atoms with van der Waals surface area (Å²) in [6.07, 6.45) is 0.519. The first-order valence-electron chi connectivity index (χ1n) is 8.64. The van der Waals surface area contributed by atoms with E-state index < -0.39 is 22.0 Å². The van der Waals surface area contributed by atoms with Crippen molar-refractivity contribution >= 4 is 27.7 Å². The lowest BCUT2D eigenvalue weighted by molar-refractivity contribution is -0.121. The molecule has 3 rings (SSSR count). The Morgan fingerprint density at radius 1 is 1.18 bits per heavy atom.